The SMILES string of the molecule is CC1=CC(C)([Si](c2ccccc2)(c2ccccc2)c2ccccc2C)C(C)=C1C. The Bertz CT molecular complexity index is 1050. The molecule has 1 aliphatic carbocycles. The monoisotopic (exact) mass is 394 g/mol. The van der Waals surface area contributed by atoms with Crippen molar-refractivity contribution in [1.82, 2.24) is 0 Å². The number of aryl methyl sites for hydroxylation is 1. The molecule has 0 radical (unpaired) electrons. The van der Waals surface area contributed by atoms with Gasteiger partial charge in [0.05, 0.1) is 0 Å². The zero-order chi connectivity index (χ0) is 20.6. The average Bonchev–Trinajstić information content (AvgIpc) is 2.95. The molecule has 1 atom stereocenters. The molecule has 0 heterocycles. The summed E-state index contributed by atoms with van der Waals surface area (Å²) in [6.45, 7) is 11.7. The molecular formula is C28H30Si. The van der Waals surface area contributed by atoms with Gasteiger partial charge in [0.1, 0.15) is 0 Å². The van der Waals surface area contributed by atoms with Gasteiger partial charge < -0.3 is 0 Å². The van der Waals surface area contributed by atoms with Crippen LogP contribution in [0.25, 0.3) is 0 Å². The Morgan fingerprint density at radius 1 is 0.621 bits per heavy atom. The smallest absolute Gasteiger partial charge is 0.0730 e. The number of rotatable bonds is 4. The molecule has 1 aliphatic rings. The molecule has 0 aliphatic heterocycles. The molecule has 3 aromatic rings. The van der Waals surface area contributed by atoms with Gasteiger partial charge in [0.2, 0.25) is 0 Å². The second kappa shape index (κ2) is 7.31. The van der Waals surface area contributed by atoms with Crippen molar-refractivity contribution in [2.45, 2.75) is 39.7 Å². The van der Waals surface area contributed by atoms with Crippen molar-refractivity contribution in [2.75, 3.05) is 0 Å². The second-order valence-electron chi connectivity index (χ2n) is 8.58. The fourth-order valence-corrected chi connectivity index (χ4v) is 11.8. The zero-order valence-electron chi connectivity index (χ0n) is 18.2. The third-order valence-electron chi connectivity index (χ3n) is 7.18. The summed E-state index contributed by atoms with van der Waals surface area (Å²) >= 11 is 0. The summed E-state index contributed by atoms with van der Waals surface area (Å²) in [5.74, 6) is 0. The summed E-state index contributed by atoms with van der Waals surface area (Å²) in [5.41, 5.74) is 5.77. The van der Waals surface area contributed by atoms with E-state index in [1.807, 2.05) is 0 Å². The van der Waals surface area contributed by atoms with E-state index in [-0.39, 0.29) is 5.04 Å². The van der Waals surface area contributed by atoms with Crippen LogP contribution in [0.4, 0.5) is 0 Å². The molecule has 1 unspecified atom stereocenters. The minimum Gasteiger partial charge on any atom is -0.0730 e. The highest BCUT2D eigenvalue weighted by molar-refractivity contribution is 7.14. The summed E-state index contributed by atoms with van der Waals surface area (Å²) in [6, 6.07) is 31.6. The molecule has 0 spiro atoms. The van der Waals surface area contributed by atoms with E-state index in [0.29, 0.717) is 0 Å². The van der Waals surface area contributed by atoms with Gasteiger partial charge in [-0.3, -0.25) is 0 Å². The van der Waals surface area contributed by atoms with Crippen LogP contribution in [-0.4, -0.2) is 8.07 Å². The van der Waals surface area contributed by atoms with E-state index in [1.165, 1.54) is 37.8 Å². The van der Waals surface area contributed by atoms with Gasteiger partial charge in [-0.15, -0.1) is 0 Å². The third-order valence-corrected chi connectivity index (χ3v) is 13.0. The molecule has 0 nitrogen and oxygen atoms in total. The molecule has 0 aromatic heterocycles. The fraction of sp³-hybridized carbons (Fsp3) is 0.214. The molecule has 0 saturated carbocycles. The number of benzene rings is 3. The van der Waals surface area contributed by atoms with Gasteiger partial charge in [0.15, 0.2) is 8.07 Å². The first kappa shape index (κ1) is 19.7. The first-order chi connectivity index (χ1) is 13.9. The van der Waals surface area contributed by atoms with Gasteiger partial charge in [-0.1, -0.05) is 115 Å². The molecule has 29 heavy (non-hydrogen) atoms. The fourth-order valence-electron chi connectivity index (χ4n) is 5.45. The van der Waals surface area contributed by atoms with Gasteiger partial charge in [-0.2, -0.15) is 0 Å². The highest BCUT2D eigenvalue weighted by atomic mass is 28.3. The summed E-state index contributed by atoms with van der Waals surface area (Å²) in [4.78, 5) is 0. The van der Waals surface area contributed by atoms with Crippen molar-refractivity contribution in [1.29, 1.82) is 0 Å². The second-order valence-corrected chi connectivity index (χ2v) is 12.8. The Hall–Kier alpha value is -2.64. The zero-order valence-corrected chi connectivity index (χ0v) is 19.2. The summed E-state index contributed by atoms with van der Waals surface area (Å²) in [5, 5.41) is 4.43. The van der Waals surface area contributed by atoms with Crippen molar-refractivity contribution in [3.05, 3.63) is 113 Å². The molecule has 0 fully saturated rings. The number of hydrogen-bond donors (Lipinski definition) is 0. The first-order valence-electron chi connectivity index (χ1n) is 10.5. The van der Waals surface area contributed by atoms with E-state index in [2.05, 4.69) is 126 Å². The van der Waals surface area contributed by atoms with E-state index in [0.717, 1.165) is 0 Å². The van der Waals surface area contributed by atoms with Gasteiger partial charge in [-0.05, 0) is 48.8 Å². The van der Waals surface area contributed by atoms with E-state index in [9.17, 15) is 0 Å². The third kappa shape index (κ3) is 2.79. The van der Waals surface area contributed by atoms with Crippen LogP contribution in [0, 0.1) is 6.92 Å². The lowest BCUT2D eigenvalue weighted by Gasteiger charge is -2.47. The van der Waals surface area contributed by atoms with Gasteiger partial charge >= 0.3 is 0 Å². The van der Waals surface area contributed by atoms with Crippen LogP contribution in [0.2, 0.25) is 5.04 Å². The van der Waals surface area contributed by atoms with E-state index in [1.54, 1.807) is 0 Å². The molecule has 0 N–H and O–H groups in total. The normalized spacial score (nSPS) is 19.4. The van der Waals surface area contributed by atoms with Crippen LogP contribution in [0.5, 0.6) is 0 Å². The molecule has 4 rings (SSSR count). The Balaban J connectivity index is 2.22. The minimum absolute atomic E-state index is 0.0318. The standard InChI is InChI=1S/C28H30Si/c1-21-14-12-13-19-27(21)29(25-15-8-6-9-16-25,26-17-10-7-11-18-26)28(5)20-22(2)23(3)24(28)4/h6-20H,1-5H3. The Kier molecular flexibility index (Phi) is 4.96. The van der Waals surface area contributed by atoms with Crippen molar-refractivity contribution in [2.24, 2.45) is 0 Å². The topological polar surface area (TPSA) is 0 Å². The van der Waals surface area contributed by atoms with E-state index >= 15 is 0 Å². The van der Waals surface area contributed by atoms with Crippen molar-refractivity contribution < 1.29 is 0 Å². The molecule has 0 amide bonds. The lowest BCUT2D eigenvalue weighted by molar-refractivity contribution is 0.870. The average molecular weight is 395 g/mol. The van der Waals surface area contributed by atoms with Gasteiger partial charge in [-0.25, -0.2) is 0 Å². The lowest BCUT2D eigenvalue weighted by Crippen LogP contribution is -2.73. The van der Waals surface area contributed by atoms with Crippen molar-refractivity contribution in [3.63, 3.8) is 0 Å². The predicted molar refractivity (Wildman–Crippen MR) is 129 cm³/mol. The largest absolute Gasteiger partial charge is 0.162 e. The van der Waals surface area contributed by atoms with Crippen molar-refractivity contribution in [3.8, 4) is 0 Å². The molecule has 3 aromatic carbocycles. The molecule has 1 heteroatoms. The maximum absolute atomic E-state index is 2.57. The molecule has 0 bridgehead atoms. The summed E-state index contributed by atoms with van der Waals surface area (Å²) < 4.78 is 0. The van der Waals surface area contributed by atoms with Crippen LogP contribution in [-0.2, 0) is 0 Å². The highest BCUT2D eigenvalue weighted by Crippen LogP contribution is 2.52. The molecule has 0 saturated heterocycles. The maximum Gasteiger partial charge on any atom is 0.162 e. The molecular weight excluding hydrogens is 364 g/mol. The minimum atomic E-state index is -2.44. The van der Waals surface area contributed by atoms with Crippen LogP contribution >= 0.6 is 0 Å². The maximum atomic E-state index is 2.57. The summed E-state index contributed by atoms with van der Waals surface area (Å²) in [6.07, 6.45) is 2.57. The number of allylic oxidation sites excluding steroid dienone is 4. The summed E-state index contributed by atoms with van der Waals surface area (Å²) in [7, 11) is -2.44. The van der Waals surface area contributed by atoms with Crippen LogP contribution in [0.1, 0.15) is 33.3 Å². The highest BCUT2D eigenvalue weighted by Gasteiger charge is 2.56. The van der Waals surface area contributed by atoms with Crippen LogP contribution in [0.3, 0.4) is 0 Å². The van der Waals surface area contributed by atoms with Gasteiger partial charge in [0.25, 0.3) is 0 Å². The van der Waals surface area contributed by atoms with Crippen molar-refractivity contribution >= 4 is 23.6 Å². The Morgan fingerprint density at radius 3 is 1.55 bits per heavy atom. The first-order valence-corrected chi connectivity index (χ1v) is 12.5. The number of hydrogen-bond acceptors (Lipinski definition) is 0. The lowest BCUT2D eigenvalue weighted by atomic mass is 10.0. The quantitative estimate of drug-likeness (QED) is 0.404. The van der Waals surface area contributed by atoms with E-state index in [4.69, 9.17) is 0 Å². The van der Waals surface area contributed by atoms with E-state index < -0.39 is 8.07 Å². The van der Waals surface area contributed by atoms with Crippen LogP contribution in [0.15, 0.2) is 108 Å². The molecule has 146 valence electrons. The van der Waals surface area contributed by atoms with Gasteiger partial charge in [0, 0.05) is 5.04 Å². The Morgan fingerprint density at radius 2 is 1.10 bits per heavy atom. The Labute approximate surface area is 176 Å². The predicted octanol–water partition coefficient (Wildman–Crippen LogP) is 5.52. The van der Waals surface area contributed by atoms with Crippen LogP contribution < -0.4 is 15.6 Å².